The number of hydrogen-bond donors (Lipinski definition) is 2. The number of likely N-dealkylation sites (N-methyl/N-ethyl adjacent to an activating group) is 1. The van der Waals surface area contributed by atoms with Gasteiger partial charge in [0.25, 0.3) is 11.7 Å². The molecular weight excluding hydrogens is 432 g/mol. The Hall–Kier alpha value is -3.32. The van der Waals surface area contributed by atoms with Crippen LogP contribution in [0.1, 0.15) is 44.9 Å². The first kappa shape index (κ1) is 25.3. The number of ketones is 1. The first-order valence-electron chi connectivity index (χ1n) is 11.8. The van der Waals surface area contributed by atoms with Gasteiger partial charge < -0.3 is 24.7 Å². The highest BCUT2D eigenvalue weighted by Gasteiger charge is 2.45. The predicted octanol–water partition coefficient (Wildman–Crippen LogP) is 4.19. The Balaban J connectivity index is 2.00. The molecule has 0 radical (unpaired) electrons. The van der Waals surface area contributed by atoms with Gasteiger partial charge in [0.1, 0.15) is 17.3 Å². The van der Waals surface area contributed by atoms with E-state index in [1.54, 1.807) is 36.4 Å². The van der Waals surface area contributed by atoms with Crippen LogP contribution in [0.25, 0.3) is 5.76 Å². The summed E-state index contributed by atoms with van der Waals surface area (Å²) >= 11 is 0. The highest BCUT2D eigenvalue weighted by Crippen LogP contribution is 2.39. The van der Waals surface area contributed by atoms with Gasteiger partial charge in [-0.1, -0.05) is 39.8 Å². The van der Waals surface area contributed by atoms with Crippen LogP contribution in [-0.4, -0.2) is 64.5 Å². The molecule has 2 aromatic carbocycles. The smallest absolute Gasteiger partial charge is 0.295 e. The molecular formula is C27H34N2O5. The van der Waals surface area contributed by atoms with Gasteiger partial charge in [-0.05, 0) is 61.0 Å². The van der Waals surface area contributed by atoms with Gasteiger partial charge >= 0.3 is 0 Å². The second-order valence-electron chi connectivity index (χ2n) is 8.84. The number of Topliss-reactive ketones (excluding diaryl/α,β-unsaturated/α-hetero) is 1. The van der Waals surface area contributed by atoms with Gasteiger partial charge in [-0.3, -0.25) is 9.59 Å². The Kier molecular flexibility index (Phi) is 8.34. The molecule has 34 heavy (non-hydrogen) atoms. The summed E-state index contributed by atoms with van der Waals surface area (Å²) in [5, 5.41) is 20.9. The third-order valence-corrected chi connectivity index (χ3v) is 6.01. The van der Waals surface area contributed by atoms with Crippen LogP contribution in [-0.2, 0) is 9.59 Å². The second kappa shape index (κ2) is 11.2. The number of aromatic hydroxyl groups is 1. The average molecular weight is 467 g/mol. The van der Waals surface area contributed by atoms with E-state index in [0.29, 0.717) is 42.5 Å². The molecule has 1 heterocycles. The highest BCUT2D eigenvalue weighted by molar-refractivity contribution is 6.46. The summed E-state index contributed by atoms with van der Waals surface area (Å²) < 4.78 is 5.70. The van der Waals surface area contributed by atoms with Gasteiger partial charge in [-0.25, -0.2) is 0 Å². The number of benzene rings is 2. The lowest BCUT2D eigenvalue weighted by molar-refractivity contribution is -0.140. The van der Waals surface area contributed by atoms with Crippen LogP contribution in [0.15, 0.2) is 54.1 Å². The number of phenols is 1. The van der Waals surface area contributed by atoms with Gasteiger partial charge in [0.2, 0.25) is 0 Å². The van der Waals surface area contributed by atoms with Crippen LogP contribution in [0.3, 0.4) is 0 Å². The van der Waals surface area contributed by atoms with Gasteiger partial charge in [0.05, 0.1) is 18.2 Å². The van der Waals surface area contributed by atoms with Crippen molar-refractivity contribution < 1.29 is 24.5 Å². The van der Waals surface area contributed by atoms with Crippen molar-refractivity contribution in [2.24, 2.45) is 5.92 Å². The normalized spacial score (nSPS) is 17.7. The Bertz CT molecular complexity index is 1020. The Morgan fingerprint density at radius 1 is 1.03 bits per heavy atom. The van der Waals surface area contributed by atoms with Crippen LogP contribution >= 0.6 is 0 Å². The Morgan fingerprint density at radius 3 is 2.21 bits per heavy atom. The highest BCUT2D eigenvalue weighted by atomic mass is 16.5. The van der Waals surface area contributed by atoms with E-state index >= 15 is 0 Å². The van der Waals surface area contributed by atoms with Gasteiger partial charge in [0, 0.05) is 18.7 Å². The summed E-state index contributed by atoms with van der Waals surface area (Å²) in [6, 6.07) is 12.5. The predicted molar refractivity (Wildman–Crippen MR) is 132 cm³/mol. The van der Waals surface area contributed by atoms with Gasteiger partial charge in [-0.15, -0.1) is 0 Å². The van der Waals surface area contributed by atoms with Crippen molar-refractivity contribution in [2.75, 3.05) is 32.8 Å². The lowest BCUT2D eigenvalue weighted by atomic mass is 9.95. The van der Waals surface area contributed by atoms with E-state index < -0.39 is 17.7 Å². The number of carbonyl (C=O) groups excluding carboxylic acids is 2. The van der Waals surface area contributed by atoms with E-state index in [4.69, 9.17) is 4.74 Å². The molecule has 1 aliphatic heterocycles. The van der Waals surface area contributed by atoms with E-state index in [2.05, 4.69) is 18.7 Å². The maximum absolute atomic E-state index is 13.1. The molecule has 0 spiro atoms. The van der Waals surface area contributed by atoms with Crippen molar-refractivity contribution >= 4 is 17.4 Å². The summed E-state index contributed by atoms with van der Waals surface area (Å²) in [7, 11) is 0. The Labute approximate surface area is 201 Å². The number of phenolic OH excluding ortho intramolecular Hbond substituents is 1. The van der Waals surface area contributed by atoms with Gasteiger partial charge in [-0.2, -0.15) is 0 Å². The van der Waals surface area contributed by atoms with Crippen molar-refractivity contribution in [1.29, 1.82) is 0 Å². The van der Waals surface area contributed by atoms with Crippen molar-refractivity contribution in [3.8, 4) is 11.5 Å². The van der Waals surface area contributed by atoms with Crippen molar-refractivity contribution in [1.82, 2.24) is 9.80 Å². The molecule has 1 atom stereocenters. The summed E-state index contributed by atoms with van der Waals surface area (Å²) in [4.78, 5) is 29.8. The fourth-order valence-electron chi connectivity index (χ4n) is 4.03. The molecule has 1 aliphatic rings. The van der Waals surface area contributed by atoms with Crippen LogP contribution in [0, 0.1) is 5.92 Å². The topological polar surface area (TPSA) is 90.3 Å². The molecule has 2 aromatic rings. The number of nitrogens with zero attached hydrogens (tertiary/aromatic N) is 2. The minimum atomic E-state index is -0.743. The number of rotatable bonds is 10. The summed E-state index contributed by atoms with van der Waals surface area (Å²) in [6.45, 7) is 11.4. The van der Waals surface area contributed by atoms with E-state index in [1.807, 2.05) is 13.8 Å². The number of carbonyl (C=O) groups is 2. The number of aliphatic hydroxyl groups excluding tert-OH is 1. The molecule has 1 amide bonds. The standard InChI is InChI=1S/C27H34N2O5/c1-5-28(6-2)15-16-29-24(19-7-11-21(30)12-8-19)23(26(32)27(29)33)25(31)20-9-13-22(14-10-20)34-17-18(3)4/h7-14,18,24,30-31H,5-6,15-17H2,1-4H3/t24-/m0/s1. The van der Waals surface area contributed by atoms with Crippen LogP contribution in [0.5, 0.6) is 11.5 Å². The molecule has 182 valence electrons. The molecule has 1 fully saturated rings. The molecule has 0 aliphatic carbocycles. The SMILES string of the molecule is CCN(CC)CCN1C(=O)C(=O)C(=C(O)c2ccc(OCC(C)C)cc2)[C@@H]1c1ccc(O)cc1. The zero-order valence-corrected chi connectivity index (χ0v) is 20.3. The zero-order chi connectivity index (χ0) is 24.8. The third-order valence-electron chi connectivity index (χ3n) is 6.01. The summed E-state index contributed by atoms with van der Waals surface area (Å²) in [6.07, 6.45) is 0. The summed E-state index contributed by atoms with van der Waals surface area (Å²) in [5.74, 6) is -0.442. The number of aliphatic hydroxyl groups is 1. The van der Waals surface area contributed by atoms with E-state index in [1.165, 1.54) is 17.0 Å². The first-order chi connectivity index (χ1) is 16.3. The number of ether oxygens (including phenoxy) is 1. The lowest BCUT2D eigenvalue weighted by Gasteiger charge is -2.28. The molecule has 7 nitrogen and oxygen atoms in total. The molecule has 0 saturated carbocycles. The Morgan fingerprint density at radius 2 is 1.65 bits per heavy atom. The number of amides is 1. The fraction of sp³-hybridized carbons (Fsp3) is 0.407. The quantitative estimate of drug-likeness (QED) is 0.310. The minimum absolute atomic E-state index is 0.0473. The van der Waals surface area contributed by atoms with Crippen molar-refractivity contribution in [3.05, 3.63) is 65.2 Å². The maximum Gasteiger partial charge on any atom is 0.295 e. The van der Waals surface area contributed by atoms with Gasteiger partial charge in [0.15, 0.2) is 0 Å². The molecule has 2 N–H and O–H groups in total. The largest absolute Gasteiger partial charge is 0.508 e. The van der Waals surface area contributed by atoms with Crippen LogP contribution < -0.4 is 4.74 Å². The van der Waals surface area contributed by atoms with Crippen molar-refractivity contribution in [3.63, 3.8) is 0 Å². The molecule has 0 aromatic heterocycles. The van der Waals surface area contributed by atoms with E-state index in [9.17, 15) is 19.8 Å². The average Bonchev–Trinajstić information content (AvgIpc) is 3.08. The maximum atomic E-state index is 13.1. The molecule has 0 unspecified atom stereocenters. The molecule has 3 rings (SSSR count). The minimum Gasteiger partial charge on any atom is -0.508 e. The fourth-order valence-corrected chi connectivity index (χ4v) is 4.03. The van der Waals surface area contributed by atoms with E-state index in [0.717, 1.165) is 13.1 Å². The molecule has 1 saturated heterocycles. The number of hydrogen-bond acceptors (Lipinski definition) is 6. The monoisotopic (exact) mass is 466 g/mol. The summed E-state index contributed by atoms with van der Waals surface area (Å²) in [5.41, 5.74) is 1.13. The zero-order valence-electron chi connectivity index (χ0n) is 20.3. The van der Waals surface area contributed by atoms with Crippen molar-refractivity contribution in [2.45, 2.75) is 33.7 Å². The molecule has 7 heteroatoms. The lowest BCUT2D eigenvalue weighted by Crippen LogP contribution is -2.38. The number of likely N-dealkylation sites (tertiary alicyclic amines) is 1. The second-order valence-corrected chi connectivity index (χ2v) is 8.84. The molecule has 0 bridgehead atoms. The third kappa shape index (κ3) is 5.59. The van der Waals surface area contributed by atoms with Crippen LogP contribution in [0.2, 0.25) is 0 Å². The van der Waals surface area contributed by atoms with E-state index in [-0.39, 0.29) is 17.1 Å². The first-order valence-corrected chi connectivity index (χ1v) is 11.8. The van der Waals surface area contributed by atoms with Crippen LogP contribution in [0.4, 0.5) is 0 Å².